The molecule has 0 heterocycles. The average Bonchev–Trinajstić information content (AvgIpc) is 3.34. The third-order valence-corrected chi connectivity index (χ3v) is 7.47. The normalized spacial score (nSPS) is 9.64. The zero-order valence-corrected chi connectivity index (χ0v) is 43.8. The summed E-state index contributed by atoms with van der Waals surface area (Å²) in [6.45, 7) is 23.6. The van der Waals surface area contributed by atoms with Crippen molar-refractivity contribution in [2.75, 3.05) is 100.0 Å². The van der Waals surface area contributed by atoms with E-state index in [2.05, 4.69) is 51.3 Å². The van der Waals surface area contributed by atoms with Gasteiger partial charge in [0.25, 0.3) is 0 Å². The largest absolute Gasteiger partial charge is 0.466 e. The molecule has 23 heteroatoms. The third kappa shape index (κ3) is 58.7. The lowest BCUT2D eigenvalue weighted by Gasteiger charge is -2.21. The molecule has 70 heavy (non-hydrogen) atoms. The summed E-state index contributed by atoms with van der Waals surface area (Å²) in [4.78, 5) is 93.3. The fourth-order valence-electron chi connectivity index (χ4n) is 4.28. The number of aliphatic hydroxyl groups is 1. The minimum atomic E-state index is -1.14. The van der Waals surface area contributed by atoms with E-state index in [0.717, 1.165) is 63.5 Å². The van der Waals surface area contributed by atoms with Crippen molar-refractivity contribution >= 4 is 66.6 Å². The predicted molar refractivity (Wildman–Crippen MR) is 270 cm³/mol. The van der Waals surface area contributed by atoms with Gasteiger partial charge in [0.05, 0.1) is 52.7 Å². The molecule has 0 fully saturated rings. The molecule has 2 N–H and O–H groups in total. The monoisotopic (exact) mass is 1040 g/mol. The molecule has 0 bridgehead atoms. The number of nitrogens with zero attached hydrogens (tertiary/aromatic N) is 2. The Bertz CT molecular complexity index is 1400. The van der Waals surface area contributed by atoms with Crippen molar-refractivity contribution in [3.63, 3.8) is 0 Å². The van der Waals surface area contributed by atoms with Gasteiger partial charge in [-0.3, -0.25) is 9.69 Å². The molecule has 0 rings (SSSR count). The molecule has 0 radical (unpaired) electrons. The van der Waals surface area contributed by atoms with Crippen LogP contribution in [-0.4, -0.2) is 170 Å². The molecule has 0 aliphatic heterocycles. The molecule has 21 nitrogen and oxygen atoms in total. The molecule has 0 aromatic rings. The van der Waals surface area contributed by atoms with Crippen LogP contribution in [0.1, 0.15) is 87.3 Å². The van der Waals surface area contributed by atoms with Crippen molar-refractivity contribution in [2.45, 2.75) is 106 Å². The summed E-state index contributed by atoms with van der Waals surface area (Å²) < 4.78 is 50.3. The van der Waals surface area contributed by atoms with Crippen molar-refractivity contribution < 1.29 is 87.5 Å². The second kappa shape index (κ2) is 54.5. The van der Waals surface area contributed by atoms with Crippen molar-refractivity contribution in [1.29, 1.82) is 0 Å². The molecule has 3 amide bonds. The fourth-order valence-corrected chi connectivity index (χ4v) is 4.28. The van der Waals surface area contributed by atoms with Gasteiger partial charge in [-0.15, -0.1) is 0 Å². The number of hydrogen-bond acceptors (Lipinski definition) is 18. The van der Waals surface area contributed by atoms with Gasteiger partial charge in [0, 0.05) is 52.9 Å². The van der Waals surface area contributed by atoms with Crippen molar-refractivity contribution in [1.82, 2.24) is 15.1 Å². The van der Waals surface area contributed by atoms with Crippen LogP contribution in [0.3, 0.4) is 0 Å². The first-order valence-corrected chi connectivity index (χ1v) is 26.6. The van der Waals surface area contributed by atoms with Crippen LogP contribution >= 0.6 is 11.1 Å². The van der Waals surface area contributed by atoms with E-state index in [0.29, 0.717) is 38.8 Å². The van der Waals surface area contributed by atoms with Gasteiger partial charge in [-0.25, -0.2) is 33.6 Å². The van der Waals surface area contributed by atoms with Gasteiger partial charge in [0.15, 0.2) is 0 Å². The molecule has 0 spiro atoms. The third-order valence-electron chi connectivity index (χ3n) is 7.47. The van der Waals surface area contributed by atoms with Crippen LogP contribution in [0.5, 0.6) is 0 Å². The molecule has 0 aliphatic rings. The number of aliphatic hydroxyl groups excluding tert-OH is 1. The highest BCUT2D eigenvalue weighted by Crippen LogP contribution is 2.06. The summed E-state index contributed by atoms with van der Waals surface area (Å²) in [7, 11) is 2.56. The predicted octanol–water partition coefficient (Wildman–Crippen LogP) is 7.50. The van der Waals surface area contributed by atoms with Crippen molar-refractivity contribution in [3.05, 3.63) is 50.6 Å². The zero-order chi connectivity index (χ0) is 54.4. The minimum Gasteiger partial charge on any atom is -0.466 e. The van der Waals surface area contributed by atoms with E-state index >= 15 is 0 Å². The molecular weight excluding hydrogens is 958 g/mol. The first kappa shape index (κ1) is 73.5. The molecule has 0 saturated heterocycles. The number of nitrogens with one attached hydrogen (secondary N) is 1. The number of unbranched alkanes of at least 4 members (excludes halogenated alkanes) is 6. The SMILES string of the molecule is C.C=CC(=O)OCCCC(=O)OCCCCCCOC(=O)NCCOC(=O)C=C.C=CC(=O)OCCN(CC)C(=O)OCCCCCCOC(=O)N(CCOC(=O)C=C)COC.CO.C[Si](C)(C)Cl.[2H]C. The van der Waals surface area contributed by atoms with Gasteiger partial charge >= 0.3 is 48.1 Å². The zero-order valence-electron chi connectivity index (χ0n) is 43.1. The fraction of sp³-hybridized carbons (Fsp3) is 0.660. The van der Waals surface area contributed by atoms with E-state index in [4.69, 9.17) is 60.2 Å². The number of likely N-dealkylation sites (N-methyl/N-ethyl adjacent to an activating group) is 1. The van der Waals surface area contributed by atoms with Crippen molar-refractivity contribution in [3.8, 4) is 0 Å². The number of halogens is 1. The smallest absolute Gasteiger partial charge is 0.411 e. The molecule has 0 saturated carbocycles. The Morgan fingerprint density at radius 1 is 0.557 bits per heavy atom. The second-order valence-corrected chi connectivity index (χ2v) is 21.8. The Kier molecular flexibility index (Phi) is 57.2. The Morgan fingerprint density at radius 3 is 1.30 bits per heavy atom. The molecule has 408 valence electrons. The van der Waals surface area contributed by atoms with E-state index in [1.165, 1.54) is 24.3 Å². The summed E-state index contributed by atoms with van der Waals surface area (Å²) >= 11 is 5.67. The van der Waals surface area contributed by atoms with Crippen LogP contribution in [-0.2, 0) is 66.6 Å². The lowest BCUT2D eigenvalue weighted by atomic mass is 10.2. The quantitative estimate of drug-likeness (QED) is 0.0120. The molecule has 0 aliphatic carbocycles. The lowest BCUT2D eigenvalue weighted by molar-refractivity contribution is -0.145. The number of amides is 3. The maximum absolute atomic E-state index is 12.1. The van der Waals surface area contributed by atoms with Gasteiger partial charge in [0.2, 0.25) is 0 Å². The van der Waals surface area contributed by atoms with Crippen molar-refractivity contribution in [2.24, 2.45) is 0 Å². The summed E-state index contributed by atoms with van der Waals surface area (Å²) in [6.07, 6.45) is 9.25. The van der Waals surface area contributed by atoms with E-state index in [1.54, 1.807) is 6.92 Å². The number of rotatable bonds is 34. The van der Waals surface area contributed by atoms with E-state index in [-0.39, 0.29) is 92.4 Å². The summed E-state index contributed by atoms with van der Waals surface area (Å²) in [5.41, 5.74) is 0. The first-order chi connectivity index (χ1) is 33.4. The van der Waals surface area contributed by atoms with Crippen LogP contribution < -0.4 is 5.32 Å². The van der Waals surface area contributed by atoms with Gasteiger partial charge in [-0.05, 0) is 64.7 Å². The average molecular weight is 1050 g/mol. The number of carbonyl (C=O) groups is 8. The topological polar surface area (TPSA) is 258 Å². The Morgan fingerprint density at radius 2 is 0.900 bits per heavy atom. The maximum Gasteiger partial charge on any atom is 0.411 e. The number of ether oxygens (including phenoxy) is 9. The highest BCUT2D eigenvalue weighted by molar-refractivity contribution is 7.18. The molecular formula is C47H86ClN3O18Si. The van der Waals surface area contributed by atoms with Gasteiger partial charge in [-0.2, -0.15) is 11.1 Å². The Hall–Kier alpha value is -5.45. The van der Waals surface area contributed by atoms with Gasteiger partial charge in [-0.1, -0.05) is 60.8 Å². The molecule has 0 aromatic heterocycles. The van der Waals surface area contributed by atoms with Crippen LogP contribution in [0.15, 0.2) is 50.6 Å². The summed E-state index contributed by atoms with van der Waals surface area (Å²) in [5, 5.41) is 9.45. The minimum absolute atomic E-state index is 0. The van der Waals surface area contributed by atoms with E-state index in [1.807, 2.05) is 0 Å². The highest BCUT2D eigenvalue weighted by atomic mass is 35.6. The summed E-state index contributed by atoms with van der Waals surface area (Å²) in [5.74, 6) is -2.49. The van der Waals surface area contributed by atoms with Crippen LogP contribution in [0.25, 0.3) is 0 Å². The number of hydrogen-bond donors (Lipinski definition) is 2. The van der Waals surface area contributed by atoms with Gasteiger partial charge in [0.1, 0.15) is 33.9 Å². The number of methoxy groups -OCH3 is 1. The number of esters is 5. The molecule has 0 unspecified atom stereocenters. The van der Waals surface area contributed by atoms with Crippen LogP contribution in [0.2, 0.25) is 19.6 Å². The maximum atomic E-state index is 12.1. The van der Waals surface area contributed by atoms with Crippen LogP contribution in [0.4, 0.5) is 14.4 Å². The summed E-state index contributed by atoms with van der Waals surface area (Å²) in [6, 6.07) is 0. The Balaban J connectivity index is -0.000000253. The number of alkyl carbamates (subject to hydrolysis) is 1. The number of carbonyl (C=O) groups excluding carboxylic acids is 8. The van der Waals surface area contributed by atoms with E-state index < -0.39 is 49.5 Å². The molecule has 0 aromatic carbocycles. The van der Waals surface area contributed by atoms with E-state index in [9.17, 15) is 38.4 Å². The lowest BCUT2D eigenvalue weighted by Crippen LogP contribution is -2.36. The molecule has 0 atom stereocenters. The standard InChI is InChI=1S/C22H36N2O9.C19H29NO8.C3H9ClSi.CH4O.2CH4/c1-5-19(25)30-16-12-23(7-3)21(27)32-14-10-8-9-11-15-33-22(28)24(18-29-4)13-17-31-20(26)6-2;1-3-16(21)25-14-9-10-18(23)26-12-7-5-6-8-13-28-19(24)20-11-15-27-17(22)4-2;1-5(2,3)4;1-2;;/h5-6H,1-2,7-18H2,3-4H3;3-4H,1-2,5-15H2,(H,20,24);1-3H3;2H,1H3;2*1H4/i;;;;1D;. The first-order valence-electron chi connectivity index (χ1n) is 23.1. The van der Waals surface area contributed by atoms with Gasteiger partial charge < -0.3 is 58.0 Å². The van der Waals surface area contributed by atoms with Crippen LogP contribution in [0, 0.1) is 0 Å². The highest BCUT2D eigenvalue weighted by Gasteiger charge is 2.16. The second-order valence-electron chi connectivity index (χ2n) is 14.3. The Labute approximate surface area is 424 Å².